The largest absolute Gasteiger partial charge is 0.273 e. The highest BCUT2D eigenvalue weighted by atomic mass is 32.2. The van der Waals surface area contributed by atoms with Gasteiger partial charge in [0.05, 0.1) is 16.9 Å². The summed E-state index contributed by atoms with van der Waals surface area (Å²) in [6.45, 7) is 3.91. The number of benzene rings is 1. The lowest BCUT2D eigenvalue weighted by molar-refractivity contribution is -0.384. The minimum Gasteiger partial charge on any atom is -0.273 e. The second kappa shape index (κ2) is 7.21. The Morgan fingerprint density at radius 2 is 1.86 bits per heavy atom. The lowest BCUT2D eigenvalue weighted by Gasteiger charge is -2.22. The van der Waals surface area contributed by atoms with Crippen molar-refractivity contribution in [1.29, 1.82) is 0 Å². The third-order valence-corrected chi connectivity index (χ3v) is 3.77. The molecule has 0 unspecified atom stereocenters. The molecule has 0 atom stereocenters. The van der Waals surface area contributed by atoms with Crippen molar-refractivity contribution in [2.75, 3.05) is 10.7 Å². The van der Waals surface area contributed by atoms with E-state index < -0.39 is 20.9 Å². The van der Waals surface area contributed by atoms with Crippen LogP contribution < -0.4 is 9.84 Å². The number of anilines is 1. The lowest BCUT2D eigenvalue weighted by Crippen LogP contribution is -2.45. The van der Waals surface area contributed by atoms with E-state index >= 15 is 0 Å². The predicted octanol–water partition coefficient (Wildman–Crippen LogP) is 1.83. The van der Waals surface area contributed by atoms with Crippen molar-refractivity contribution in [3.8, 4) is 0 Å². The van der Waals surface area contributed by atoms with Crippen LogP contribution in [0.25, 0.3) is 0 Å². The maximum Gasteiger partial charge on any atom is 0.269 e. The van der Waals surface area contributed by atoms with Crippen LogP contribution in [0.5, 0.6) is 0 Å². The van der Waals surface area contributed by atoms with E-state index in [9.17, 15) is 23.3 Å². The average Bonchev–Trinajstić information content (AvgIpc) is 2.41. The van der Waals surface area contributed by atoms with Crippen LogP contribution in [-0.2, 0) is 14.8 Å². The summed E-state index contributed by atoms with van der Waals surface area (Å²) >= 11 is 0. The molecule has 22 heavy (non-hydrogen) atoms. The molecule has 8 nitrogen and oxygen atoms in total. The van der Waals surface area contributed by atoms with Crippen LogP contribution in [0, 0.1) is 16.0 Å². The van der Waals surface area contributed by atoms with E-state index in [1.807, 2.05) is 13.8 Å². The zero-order valence-electron chi connectivity index (χ0n) is 12.6. The van der Waals surface area contributed by atoms with Gasteiger partial charge in [0.25, 0.3) is 5.69 Å². The molecule has 0 aromatic heterocycles. The Bertz CT molecular complexity index is 640. The zero-order chi connectivity index (χ0) is 16.9. The van der Waals surface area contributed by atoms with Crippen molar-refractivity contribution in [3.05, 3.63) is 34.4 Å². The number of nitrogens with one attached hydrogen (secondary N) is 1. The number of hydrazine groups is 1. The highest BCUT2D eigenvalue weighted by Crippen LogP contribution is 2.20. The van der Waals surface area contributed by atoms with E-state index in [4.69, 9.17) is 0 Å². The fourth-order valence-corrected chi connectivity index (χ4v) is 2.41. The number of hydrogen-bond donors (Lipinski definition) is 1. The number of sulfonamides is 1. The fraction of sp³-hybridized carbons (Fsp3) is 0.462. The Morgan fingerprint density at radius 3 is 2.27 bits per heavy atom. The van der Waals surface area contributed by atoms with Crippen molar-refractivity contribution < 1.29 is 18.1 Å². The molecule has 1 N–H and O–H groups in total. The summed E-state index contributed by atoms with van der Waals surface area (Å²) in [6, 6.07) is 4.88. The third kappa shape index (κ3) is 5.32. The molecule has 0 saturated heterocycles. The molecule has 0 radical (unpaired) electrons. The van der Waals surface area contributed by atoms with Gasteiger partial charge in [-0.15, -0.1) is 0 Å². The van der Waals surface area contributed by atoms with Crippen LogP contribution in [0.3, 0.4) is 0 Å². The minimum atomic E-state index is -3.75. The summed E-state index contributed by atoms with van der Waals surface area (Å²) in [6.07, 6.45) is 1.76. The van der Waals surface area contributed by atoms with Gasteiger partial charge in [-0.1, -0.05) is 13.8 Å². The highest BCUT2D eigenvalue weighted by molar-refractivity contribution is 7.92. The Hall–Kier alpha value is -2.16. The van der Waals surface area contributed by atoms with Crippen LogP contribution in [0.2, 0.25) is 0 Å². The molecule has 0 aliphatic carbocycles. The second-order valence-corrected chi connectivity index (χ2v) is 7.10. The van der Waals surface area contributed by atoms with E-state index in [2.05, 4.69) is 5.43 Å². The van der Waals surface area contributed by atoms with E-state index in [0.29, 0.717) is 12.3 Å². The first-order valence-corrected chi connectivity index (χ1v) is 8.50. The summed E-state index contributed by atoms with van der Waals surface area (Å²) in [4.78, 5) is 21.8. The molecule has 9 heteroatoms. The summed E-state index contributed by atoms with van der Waals surface area (Å²) in [5, 5.41) is 10.6. The molecule has 0 fully saturated rings. The number of amides is 1. The first-order valence-electron chi connectivity index (χ1n) is 6.65. The van der Waals surface area contributed by atoms with Gasteiger partial charge in [0.2, 0.25) is 15.9 Å². The van der Waals surface area contributed by atoms with Crippen molar-refractivity contribution in [2.45, 2.75) is 26.7 Å². The molecule has 1 amide bonds. The van der Waals surface area contributed by atoms with Crippen LogP contribution in [0.1, 0.15) is 26.7 Å². The van der Waals surface area contributed by atoms with Gasteiger partial charge in [0.1, 0.15) is 0 Å². The van der Waals surface area contributed by atoms with Crippen molar-refractivity contribution >= 4 is 27.3 Å². The standard InChI is InChI=1S/C13H19N3O5S/c1-10(2)4-9-13(17)14-15(22(3,20)21)11-5-7-12(8-6-11)16(18)19/h5-8,10H,4,9H2,1-3H3,(H,14,17). The maximum atomic E-state index is 11.8. The summed E-state index contributed by atoms with van der Waals surface area (Å²) in [5.74, 6) is -0.116. The molecule has 0 spiro atoms. The molecule has 1 aromatic rings. The number of carbonyl (C=O) groups excluding carboxylic acids is 1. The number of hydrogen-bond acceptors (Lipinski definition) is 5. The molecular weight excluding hydrogens is 310 g/mol. The Labute approximate surface area is 129 Å². The van der Waals surface area contributed by atoms with Gasteiger partial charge in [-0.3, -0.25) is 20.3 Å². The number of carbonyl (C=O) groups is 1. The van der Waals surface area contributed by atoms with Gasteiger partial charge in [0.15, 0.2) is 0 Å². The molecule has 0 aliphatic heterocycles. The highest BCUT2D eigenvalue weighted by Gasteiger charge is 2.20. The Balaban J connectivity index is 2.94. The topological polar surface area (TPSA) is 110 Å². The third-order valence-electron chi connectivity index (χ3n) is 2.80. The van der Waals surface area contributed by atoms with Crippen LogP contribution in [0.15, 0.2) is 24.3 Å². The van der Waals surface area contributed by atoms with Crippen molar-refractivity contribution in [2.24, 2.45) is 5.92 Å². The van der Waals surface area contributed by atoms with Gasteiger partial charge in [-0.05, 0) is 24.5 Å². The Morgan fingerprint density at radius 1 is 1.32 bits per heavy atom. The molecule has 0 saturated carbocycles. The first-order chi connectivity index (χ1) is 10.1. The van der Waals surface area contributed by atoms with Gasteiger partial charge < -0.3 is 0 Å². The SMILES string of the molecule is CC(C)CCC(=O)NN(c1ccc([N+](=O)[O-])cc1)S(C)(=O)=O. The predicted molar refractivity (Wildman–Crippen MR) is 82.6 cm³/mol. The number of nitrogens with zero attached hydrogens (tertiary/aromatic N) is 2. The van der Waals surface area contributed by atoms with Crippen LogP contribution in [-0.4, -0.2) is 25.5 Å². The minimum absolute atomic E-state index is 0.131. The van der Waals surface area contributed by atoms with E-state index in [-0.39, 0.29) is 17.8 Å². The molecule has 1 aromatic carbocycles. The molecular formula is C13H19N3O5S. The van der Waals surface area contributed by atoms with E-state index in [0.717, 1.165) is 10.7 Å². The maximum absolute atomic E-state index is 11.8. The monoisotopic (exact) mass is 329 g/mol. The average molecular weight is 329 g/mol. The van der Waals surface area contributed by atoms with Crippen LogP contribution in [0.4, 0.5) is 11.4 Å². The quantitative estimate of drug-likeness (QED) is 0.606. The second-order valence-electron chi connectivity index (χ2n) is 5.27. The molecule has 0 aliphatic rings. The number of nitro benzene ring substituents is 1. The van der Waals surface area contributed by atoms with Gasteiger partial charge in [-0.25, -0.2) is 8.42 Å². The number of rotatable bonds is 7. The smallest absolute Gasteiger partial charge is 0.269 e. The molecule has 0 bridgehead atoms. The van der Waals surface area contributed by atoms with Crippen LogP contribution >= 0.6 is 0 Å². The number of non-ortho nitro benzene ring substituents is 1. The first kappa shape index (κ1) is 17.9. The van der Waals surface area contributed by atoms with Crippen molar-refractivity contribution in [1.82, 2.24) is 5.43 Å². The van der Waals surface area contributed by atoms with Gasteiger partial charge in [-0.2, -0.15) is 4.41 Å². The molecule has 0 heterocycles. The number of nitro groups is 1. The lowest BCUT2D eigenvalue weighted by atomic mass is 10.1. The molecule has 122 valence electrons. The van der Waals surface area contributed by atoms with Crippen molar-refractivity contribution in [3.63, 3.8) is 0 Å². The fourth-order valence-electron chi connectivity index (χ4n) is 1.64. The summed E-state index contributed by atoms with van der Waals surface area (Å²) in [5.41, 5.74) is 2.28. The summed E-state index contributed by atoms with van der Waals surface area (Å²) in [7, 11) is -3.75. The molecule has 1 rings (SSSR count). The van der Waals surface area contributed by atoms with Gasteiger partial charge in [0, 0.05) is 18.6 Å². The van der Waals surface area contributed by atoms with E-state index in [1.165, 1.54) is 24.3 Å². The Kier molecular flexibility index (Phi) is 5.86. The summed E-state index contributed by atoms with van der Waals surface area (Å²) < 4.78 is 24.3. The zero-order valence-corrected chi connectivity index (χ0v) is 13.5. The van der Waals surface area contributed by atoms with Gasteiger partial charge >= 0.3 is 0 Å². The van der Waals surface area contributed by atoms with E-state index in [1.54, 1.807) is 0 Å². The normalized spacial score (nSPS) is 11.3.